The van der Waals surface area contributed by atoms with Gasteiger partial charge in [0.05, 0.1) is 0 Å². The Hall–Kier alpha value is -0.560. The quantitative estimate of drug-likeness (QED) is 0.628. The van der Waals surface area contributed by atoms with Gasteiger partial charge in [0.2, 0.25) is 0 Å². The van der Waals surface area contributed by atoms with Crippen LogP contribution in [0.2, 0.25) is 0 Å². The van der Waals surface area contributed by atoms with E-state index in [1.54, 1.807) is 0 Å². The van der Waals surface area contributed by atoms with E-state index >= 15 is 0 Å². The van der Waals surface area contributed by atoms with Crippen LogP contribution in [0.25, 0.3) is 0 Å². The number of pyridine rings is 1. The summed E-state index contributed by atoms with van der Waals surface area (Å²) in [6.45, 7) is 4.42. The van der Waals surface area contributed by atoms with E-state index in [1.165, 1.54) is 56.2 Å². The number of hydrogen-bond acceptors (Lipinski definition) is 1. The van der Waals surface area contributed by atoms with Crippen LogP contribution >= 0.6 is 11.6 Å². The summed E-state index contributed by atoms with van der Waals surface area (Å²) in [5, 5.41) is 0.260. The fourth-order valence-electron chi connectivity index (χ4n) is 3.41. The standard InChI is InChI=1S/C18H28ClN/c1-3-4-7-15-8-10-16(11-9-15)17(19)13-18-14(2)6-5-12-20-18/h5-6,12,15-17H,3-4,7-11,13H2,1-2H3. The fraction of sp³-hybridized carbons (Fsp3) is 0.722. The van der Waals surface area contributed by atoms with Gasteiger partial charge in [-0.05, 0) is 43.2 Å². The van der Waals surface area contributed by atoms with E-state index in [2.05, 4.69) is 24.9 Å². The summed E-state index contributed by atoms with van der Waals surface area (Å²) in [6.07, 6.45) is 12.4. The summed E-state index contributed by atoms with van der Waals surface area (Å²) in [7, 11) is 0. The van der Waals surface area contributed by atoms with Gasteiger partial charge in [-0.1, -0.05) is 45.1 Å². The first-order valence-electron chi connectivity index (χ1n) is 8.25. The Kier molecular flexibility index (Phi) is 6.35. The third kappa shape index (κ3) is 4.48. The Bertz CT molecular complexity index is 396. The van der Waals surface area contributed by atoms with Crippen molar-refractivity contribution < 1.29 is 0 Å². The maximum absolute atomic E-state index is 6.68. The fourth-order valence-corrected chi connectivity index (χ4v) is 3.81. The largest absolute Gasteiger partial charge is 0.261 e. The maximum atomic E-state index is 6.68. The predicted octanol–water partition coefficient (Wildman–Crippen LogP) is 5.54. The van der Waals surface area contributed by atoms with Crippen molar-refractivity contribution in [2.75, 3.05) is 0 Å². The van der Waals surface area contributed by atoms with E-state index in [4.69, 9.17) is 11.6 Å². The number of aryl methyl sites for hydroxylation is 1. The highest BCUT2D eigenvalue weighted by atomic mass is 35.5. The molecule has 2 heteroatoms. The topological polar surface area (TPSA) is 12.9 Å². The minimum atomic E-state index is 0.260. The highest BCUT2D eigenvalue weighted by Gasteiger charge is 2.26. The van der Waals surface area contributed by atoms with Crippen LogP contribution in [-0.4, -0.2) is 10.4 Å². The lowest BCUT2D eigenvalue weighted by Crippen LogP contribution is -2.24. The van der Waals surface area contributed by atoms with E-state index in [9.17, 15) is 0 Å². The molecule has 112 valence electrons. The lowest BCUT2D eigenvalue weighted by Gasteiger charge is -2.31. The summed E-state index contributed by atoms with van der Waals surface area (Å²) in [6, 6.07) is 4.13. The molecule has 1 aromatic heterocycles. The van der Waals surface area contributed by atoms with Crippen molar-refractivity contribution in [2.24, 2.45) is 11.8 Å². The minimum Gasteiger partial charge on any atom is -0.261 e. The maximum Gasteiger partial charge on any atom is 0.0447 e. The molecule has 1 aliphatic rings. The highest BCUT2D eigenvalue weighted by Crippen LogP contribution is 2.36. The van der Waals surface area contributed by atoms with Crippen molar-refractivity contribution in [3.05, 3.63) is 29.6 Å². The summed E-state index contributed by atoms with van der Waals surface area (Å²) in [5.74, 6) is 1.66. The first kappa shape index (κ1) is 15.8. The molecule has 1 fully saturated rings. The van der Waals surface area contributed by atoms with E-state index in [0.29, 0.717) is 5.92 Å². The Morgan fingerprint density at radius 3 is 2.70 bits per heavy atom. The third-order valence-electron chi connectivity index (χ3n) is 4.88. The third-order valence-corrected chi connectivity index (χ3v) is 5.39. The van der Waals surface area contributed by atoms with Crippen molar-refractivity contribution in [1.29, 1.82) is 0 Å². The van der Waals surface area contributed by atoms with E-state index < -0.39 is 0 Å². The second-order valence-corrected chi connectivity index (χ2v) is 6.97. The summed E-state index contributed by atoms with van der Waals surface area (Å²) < 4.78 is 0. The van der Waals surface area contributed by atoms with E-state index in [0.717, 1.165) is 12.3 Å². The van der Waals surface area contributed by atoms with E-state index in [1.807, 2.05) is 12.3 Å². The smallest absolute Gasteiger partial charge is 0.0447 e. The van der Waals surface area contributed by atoms with Crippen molar-refractivity contribution in [3.8, 4) is 0 Å². The highest BCUT2D eigenvalue weighted by molar-refractivity contribution is 6.20. The molecule has 1 unspecified atom stereocenters. The number of alkyl halides is 1. The van der Waals surface area contributed by atoms with Gasteiger partial charge in [0.15, 0.2) is 0 Å². The first-order chi connectivity index (χ1) is 9.70. The number of rotatable bonds is 6. The summed E-state index contributed by atoms with van der Waals surface area (Å²) >= 11 is 6.68. The zero-order valence-corrected chi connectivity index (χ0v) is 13.7. The van der Waals surface area contributed by atoms with Crippen molar-refractivity contribution in [1.82, 2.24) is 4.98 Å². The molecule has 1 heterocycles. The lowest BCUT2D eigenvalue weighted by atomic mass is 9.77. The molecular formula is C18H28ClN. The molecule has 0 saturated heterocycles. The number of aromatic nitrogens is 1. The zero-order chi connectivity index (χ0) is 14.4. The summed E-state index contributed by atoms with van der Waals surface area (Å²) in [5.41, 5.74) is 2.45. The SMILES string of the molecule is CCCCC1CCC(C(Cl)Cc2ncccc2C)CC1. The van der Waals surface area contributed by atoms with Crippen LogP contribution in [0.1, 0.15) is 63.1 Å². The molecule has 1 aromatic rings. The average Bonchev–Trinajstić information content (AvgIpc) is 2.48. The monoisotopic (exact) mass is 293 g/mol. The molecule has 0 aliphatic heterocycles. The molecule has 2 rings (SSSR count). The van der Waals surface area contributed by atoms with Gasteiger partial charge in [-0.15, -0.1) is 11.6 Å². The Labute approximate surface area is 129 Å². The second kappa shape index (κ2) is 8.02. The van der Waals surface area contributed by atoms with Crippen LogP contribution in [0.3, 0.4) is 0 Å². The molecule has 1 aliphatic carbocycles. The van der Waals surface area contributed by atoms with Gasteiger partial charge in [0.1, 0.15) is 0 Å². The van der Waals surface area contributed by atoms with Crippen LogP contribution in [-0.2, 0) is 6.42 Å². The van der Waals surface area contributed by atoms with Gasteiger partial charge in [-0.3, -0.25) is 4.98 Å². The summed E-state index contributed by atoms with van der Waals surface area (Å²) in [4.78, 5) is 4.48. The first-order valence-corrected chi connectivity index (χ1v) is 8.69. The Balaban J connectivity index is 1.80. The van der Waals surface area contributed by atoms with Gasteiger partial charge < -0.3 is 0 Å². The number of halogens is 1. The number of nitrogens with zero attached hydrogens (tertiary/aromatic N) is 1. The normalized spacial score (nSPS) is 24.6. The van der Waals surface area contributed by atoms with Gasteiger partial charge in [-0.25, -0.2) is 0 Å². The van der Waals surface area contributed by atoms with E-state index in [-0.39, 0.29) is 5.38 Å². The molecular weight excluding hydrogens is 266 g/mol. The van der Waals surface area contributed by atoms with Gasteiger partial charge >= 0.3 is 0 Å². The van der Waals surface area contributed by atoms with Gasteiger partial charge in [0.25, 0.3) is 0 Å². The zero-order valence-electron chi connectivity index (χ0n) is 12.9. The lowest BCUT2D eigenvalue weighted by molar-refractivity contribution is 0.252. The van der Waals surface area contributed by atoms with Crippen molar-refractivity contribution in [2.45, 2.75) is 70.6 Å². The van der Waals surface area contributed by atoms with Crippen molar-refractivity contribution >= 4 is 11.6 Å². The number of hydrogen-bond donors (Lipinski definition) is 0. The van der Waals surface area contributed by atoms with Gasteiger partial charge in [0, 0.05) is 23.7 Å². The molecule has 0 N–H and O–H groups in total. The Morgan fingerprint density at radius 1 is 1.30 bits per heavy atom. The van der Waals surface area contributed by atoms with Crippen LogP contribution in [0.4, 0.5) is 0 Å². The van der Waals surface area contributed by atoms with Crippen LogP contribution in [0.15, 0.2) is 18.3 Å². The number of unbranched alkanes of at least 4 members (excludes halogenated alkanes) is 1. The molecule has 0 bridgehead atoms. The van der Waals surface area contributed by atoms with Gasteiger partial charge in [-0.2, -0.15) is 0 Å². The minimum absolute atomic E-state index is 0.260. The van der Waals surface area contributed by atoms with Crippen LogP contribution in [0.5, 0.6) is 0 Å². The van der Waals surface area contributed by atoms with Crippen molar-refractivity contribution in [3.63, 3.8) is 0 Å². The molecule has 0 aromatic carbocycles. The molecule has 1 atom stereocenters. The van der Waals surface area contributed by atoms with Crippen LogP contribution < -0.4 is 0 Å². The molecule has 0 amide bonds. The van der Waals surface area contributed by atoms with Crippen LogP contribution in [0, 0.1) is 18.8 Å². The molecule has 0 spiro atoms. The predicted molar refractivity (Wildman–Crippen MR) is 87.3 cm³/mol. The molecule has 1 saturated carbocycles. The average molecular weight is 294 g/mol. The molecule has 1 nitrogen and oxygen atoms in total. The molecule has 20 heavy (non-hydrogen) atoms. The second-order valence-electron chi connectivity index (χ2n) is 6.41. The Morgan fingerprint density at radius 2 is 2.05 bits per heavy atom. The molecule has 0 radical (unpaired) electrons.